The Kier molecular flexibility index (Phi) is 1.94. The van der Waals surface area contributed by atoms with Crippen molar-refractivity contribution in [1.29, 1.82) is 0 Å². The van der Waals surface area contributed by atoms with Gasteiger partial charge < -0.3 is 14.5 Å². The van der Waals surface area contributed by atoms with Crippen LogP contribution in [0.2, 0.25) is 0 Å². The van der Waals surface area contributed by atoms with Gasteiger partial charge in [0.05, 0.1) is 16.9 Å². The molecule has 2 aromatic rings. The fourth-order valence-electron chi connectivity index (χ4n) is 1.95. The van der Waals surface area contributed by atoms with E-state index in [9.17, 15) is 10.0 Å². The van der Waals surface area contributed by atoms with Crippen molar-refractivity contribution in [2.75, 3.05) is 0 Å². The number of hydrogen-bond acceptors (Lipinski definition) is 3. The van der Waals surface area contributed by atoms with E-state index in [1.54, 1.807) is 12.2 Å². The second kappa shape index (κ2) is 3.32. The van der Waals surface area contributed by atoms with Crippen molar-refractivity contribution in [1.82, 2.24) is 0 Å². The Labute approximate surface area is 91.8 Å². The Hall–Kier alpha value is -1.87. The molecular formula is C12H8BO3+. The third-order valence-corrected chi connectivity index (χ3v) is 2.64. The van der Waals surface area contributed by atoms with Gasteiger partial charge in [-0.3, -0.25) is 0 Å². The van der Waals surface area contributed by atoms with Gasteiger partial charge in [-0.25, -0.2) is 0 Å². The second-order valence-electron chi connectivity index (χ2n) is 3.62. The minimum atomic E-state index is -1.51. The summed E-state index contributed by atoms with van der Waals surface area (Å²) in [6.45, 7) is 0. The number of hydrogen-bond donors (Lipinski definition) is 2. The highest BCUT2D eigenvalue weighted by Crippen LogP contribution is 2.10. The van der Waals surface area contributed by atoms with Gasteiger partial charge in [-0.15, -0.1) is 0 Å². The van der Waals surface area contributed by atoms with Gasteiger partial charge in [0.25, 0.3) is 0 Å². The summed E-state index contributed by atoms with van der Waals surface area (Å²) in [5.74, 6) is 0. The molecule has 0 spiro atoms. The van der Waals surface area contributed by atoms with Crippen LogP contribution in [0.3, 0.4) is 0 Å². The summed E-state index contributed by atoms with van der Waals surface area (Å²) in [4.78, 5) is 0. The van der Waals surface area contributed by atoms with Crippen LogP contribution in [0.25, 0.3) is 22.5 Å². The number of benzene rings is 1. The number of furan rings is 1. The number of fused-ring (bicyclic) bond motifs is 3. The molecule has 76 valence electrons. The lowest BCUT2D eigenvalue weighted by atomic mass is 9.76. The molecule has 0 radical (unpaired) electrons. The van der Waals surface area contributed by atoms with Gasteiger partial charge in [-0.2, -0.15) is 0 Å². The molecule has 1 heterocycles. The predicted molar refractivity (Wildman–Crippen MR) is 61.3 cm³/mol. The topological polar surface area (TPSA) is 53.6 Å². The summed E-state index contributed by atoms with van der Waals surface area (Å²) >= 11 is 0. The van der Waals surface area contributed by atoms with Crippen LogP contribution >= 0.6 is 0 Å². The first-order valence-electron chi connectivity index (χ1n) is 4.95. The summed E-state index contributed by atoms with van der Waals surface area (Å²) < 4.78 is 5.59. The molecule has 0 bridgehead atoms. The van der Waals surface area contributed by atoms with Crippen LogP contribution in [-0.2, 0) is 0 Å². The normalized spacial score (nSPS) is 13.2. The maximum Gasteiger partial charge on any atom is 0.570 e. The maximum absolute atomic E-state index is 9.29. The van der Waals surface area contributed by atoms with E-state index in [0.717, 1.165) is 16.2 Å². The van der Waals surface area contributed by atoms with E-state index < -0.39 is 7.12 Å². The van der Waals surface area contributed by atoms with Gasteiger partial charge in [-0.1, -0.05) is 12.1 Å². The third-order valence-electron chi connectivity index (χ3n) is 2.64. The smallest absolute Gasteiger partial charge is 0.411 e. The zero-order valence-electron chi connectivity index (χ0n) is 8.34. The number of rotatable bonds is 1. The molecule has 2 N–H and O–H groups in total. The van der Waals surface area contributed by atoms with Crippen LogP contribution in [0.4, 0.5) is 0 Å². The van der Waals surface area contributed by atoms with Gasteiger partial charge in [0, 0.05) is 6.08 Å². The van der Waals surface area contributed by atoms with Crippen LogP contribution in [0.1, 0.15) is 0 Å². The number of para-hydroxylation sites is 1. The molecule has 0 aliphatic heterocycles. The molecule has 0 atom stereocenters. The fourth-order valence-corrected chi connectivity index (χ4v) is 1.95. The first-order chi connectivity index (χ1) is 7.77. The minimum absolute atomic E-state index is 0.419. The lowest BCUT2D eigenvalue weighted by molar-refractivity contribution is 0.427. The molecule has 4 heteroatoms. The Balaban J connectivity index is 2.58. The van der Waals surface area contributed by atoms with Gasteiger partial charge in [0.1, 0.15) is 11.3 Å². The Morgan fingerprint density at radius 2 is 2.00 bits per heavy atom. The van der Waals surface area contributed by atoms with E-state index in [0.29, 0.717) is 10.9 Å². The molecule has 0 saturated carbocycles. The van der Waals surface area contributed by atoms with Gasteiger partial charge in [0.15, 0.2) is 5.58 Å². The molecule has 0 saturated heterocycles. The summed E-state index contributed by atoms with van der Waals surface area (Å²) in [5.41, 5.74) is 1.77. The van der Waals surface area contributed by atoms with Crippen molar-refractivity contribution in [3.05, 3.63) is 47.1 Å². The monoisotopic (exact) mass is 211 g/mol. The molecule has 1 aromatic carbocycles. The average Bonchev–Trinajstić information content (AvgIpc) is 2.66. The zero-order valence-corrected chi connectivity index (χ0v) is 8.34. The lowest BCUT2D eigenvalue weighted by Crippen LogP contribution is -2.31. The molecule has 0 fully saturated rings. The highest BCUT2D eigenvalue weighted by atomic mass is 16.4. The van der Waals surface area contributed by atoms with Crippen molar-refractivity contribution in [2.24, 2.45) is 0 Å². The highest BCUT2D eigenvalue weighted by Gasteiger charge is 2.26. The lowest BCUT2D eigenvalue weighted by Gasteiger charge is -1.92. The molecule has 1 aromatic heterocycles. The van der Waals surface area contributed by atoms with Crippen LogP contribution in [0.5, 0.6) is 0 Å². The van der Waals surface area contributed by atoms with Crippen LogP contribution in [-0.4, -0.2) is 17.2 Å². The molecule has 3 nitrogen and oxygen atoms in total. The fraction of sp³-hybridized carbons (Fsp3) is 0. The largest absolute Gasteiger partial charge is 0.570 e. The molecular weight excluding hydrogens is 203 g/mol. The van der Waals surface area contributed by atoms with Gasteiger partial charge >= 0.3 is 7.12 Å². The van der Waals surface area contributed by atoms with E-state index in [1.807, 2.05) is 24.3 Å². The van der Waals surface area contributed by atoms with E-state index in [4.69, 9.17) is 4.42 Å². The number of allylic oxidation sites excluding steroid dienone is 2. The SMILES string of the molecule is OB(O)C1=c2c(oc3ccccc23)=C[C+]=C1. The third kappa shape index (κ3) is 1.22. The van der Waals surface area contributed by atoms with E-state index >= 15 is 0 Å². The van der Waals surface area contributed by atoms with Crippen molar-refractivity contribution >= 4 is 29.6 Å². The van der Waals surface area contributed by atoms with Crippen molar-refractivity contribution in [3.8, 4) is 0 Å². The standard InChI is InChI=1S/C12H8BO3/c14-13(15)9-5-3-7-11-12(9)8-4-1-2-6-10(8)16-11/h1-2,4-7,14-15H/q+1. The summed E-state index contributed by atoms with van der Waals surface area (Å²) in [6.07, 6.45) is 6.09. The Morgan fingerprint density at radius 1 is 1.19 bits per heavy atom. The average molecular weight is 211 g/mol. The quantitative estimate of drug-likeness (QED) is 0.505. The van der Waals surface area contributed by atoms with Gasteiger partial charge in [-0.05, 0) is 12.1 Å². The van der Waals surface area contributed by atoms with Crippen LogP contribution < -0.4 is 10.6 Å². The molecule has 0 amide bonds. The molecule has 0 unspecified atom stereocenters. The van der Waals surface area contributed by atoms with Crippen LogP contribution in [0, 0.1) is 6.08 Å². The minimum Gasteiger partial charge on any atom is -0.411 e. The summed E-state index contributed by atoms with van der Waals surface area (Å²) in [6, 6.07) is 7.51. The molecule has 3 rings (SSSR count). The molecule has 16 heavy (non-hydrogen) atoms. The first-order valence-corrected chi connectivity index (χ1v) is 4.95. The van der Waals surface area contributed by atoms with E-state index in [-0.39, 0.29) is 0 Å². The van der Waals surface area contributed by atoms with Crippen LogP contribution in [0.15, 0.2) is 34.8 Å². The van der Waals surface area contributed by atoms with Crippen molar-refractivity contribution < 1.29 is 14.5 Å². The van der Waals surface area contributed by atoms with E-state index in [2.05, 4.69) is 6.08 Å². The maximum atomic E-state index is 9.29. The Bertz CT molecular complexity index is 695. The first kappa shape index (κ1) is 9.37. The predicted octanol–water partition coefficient (Wildman–Crippen LogP) is -0.251. The highest BCUT2D eigenvalue weighted by molar-refractivity contribution is 6.65. The molecule has 1 aliphatic carbocycles. The van der Waals surface area contributed by atoms with E-state index in [1.165, 1.54) is 0 Å². The Morgan fingerprint density at radius 3 is 2.81 bits per heavy atom. The van der Waals surface area contributed by atoms with Gasteiger partial charge in [0.2, 0.25) is 5.42 Å². The second-order valence-corrected chi connectivity index (χ2v) is 3.62. The van der Waals surface area contributed by atoms with Crippen molar-refractivity contribution in [3.63, 3.8) is 0 Å². The summed E-state index contributed by atoms with van der Waals surface area (Å²) in [5, 5.41) is 20.2. The molecule has 1 aliphatic rings. The van der Waals surface area contributed by atoms with Crippen molar-refractivity contribution in [2.45, 2.75) is 0 Å². The zero-order chi connectivity index (χ0) is 11.1. The summed E-state index contributed by atoms with van der Waals surface area (Å²) in [7, 11) is -1.51.